The summed E-state index contributed by atoms with van der Waals surface area (Å²) in [5.41, 5.74) is 5.16. The maximum atomic E-state index is 4.49. The van der Waals surface area contributed by atoms with Crippen molar-refractivity contribution in [1.29, 1.82) is 0 Å². The number of hydrogen-bond donors (Lipinski definition) is 0. The second kappa shape index (κ2) is 5.70. The van der Waals surface area contributed by atoms with Gasteiger partial charge in [0.05, 0.1) is 17.6 Å². The van der Waals surface area contributed by atoms with Crippen LogP contribution in [0.1, 0.15) is 24.0 Å². The minimum atomic E-state index is 0.890. The SMILES string of the molecule is C=C/C=C\c1ncc(-c2cnc(C(=C)C)c(C)c2)n1C. The average Bonchev–Trinajstić information content (AvgIpc) is 2.77. The van der Waals surface area contributed by atoms with E-state index >= 15 is 0 Å². The fourth-order valence-corrected chi connectivity index (χ4v) is 2.16. The predicted octanol–water partition coefficient (Wildman–Crippen LogP) is 4.02. The highest BCUT2D eigenvalue weighted by Gasteiger charge is 2.09. The van der Waals surface area contributed by atoms with Crippen LogP contribution in [0.25, 0.3) is 22.9 Å². The van der Waals surface area contributed by atoms with E-state index in [2.05, 4.69) is 36.1 Å². The Morgan fingerprint density at radius 2 is 2.05 bits per heavy atom. The molecule has 2 rings (SSSR count). The van der Waals surface area contributed by atoms with Gasteiger partial charge in [0.15, 0.2) is 0 Å². The van der Waals surface area contributed by atoms with Crippen LogP contribution in [0.15, 0.2) is 43.8 Å². The number of aromatic nitrogens is 3. The number of nitrogens with zero attached hydrogens (tertiary/aromatic N) is 3. The smallest absolute Gasteiger partial charge is 0.132 e. The first-order chi connectivity index (χ1) is 9.54. The van der Waals surface area contributed by atoms with Crippen molar-refractivity contribution < 1.29 is 0 Å². The maximum absolute atomic E-state index is 4.49. The monoisotopic (exact) mass is 265 g/mol. The van der Waals surface area contributed by atoms with Crippen LogP contribution in [0.5, 0.6) is 0 Å². The molecule has 2 heterocycles. The van der Waals surface area contributed by atoms with Crippen LogP contribution in [0.2, 0.25) is 0 Å². The first-order valence-electron chi connectivity index (χ1n) is 6.48. The molecule has 0 N–H and O–H groups in total. The van der Waals surface area contributed by atoms with Gasteiger partial charge in [0, 0.05) is 18.8 Å². The third-order valence-electron chi connectivity index (χ3n) is 3.18. The standard InChI is InChI=1S/C17H19N3/c1-6-7-8-16-18-11-15(20(16)5)14-9-13(4)17(12(2)3)19-10-14/h6-11H,1-2H2,3-5H3/b8-7-. The van der Waals surface area contributed by atoms with E-state index in [0.717, 1.165) is 33.9 Å². The van der Waals surface area contributed by atoms with Crippen molar-refractivity contribution in [2.45, 2.75) is 13.8 Å². The Labute approximate surface area is 120 Å². The highest BCUT2D eigenvalue weighted by atomic mass is 15.1. The van der Waals surface area contributed by atoms with Crippen molar-refractivity contribution in [1.82, 2.24) is 14.5 Å². The van der Waals surface area contributed by atoms with E-state index in [1.807, 2.05) is 43.1 Å². The molecule has 0 bridgehead atoms. The Kier molecular flexibility index (Phi) is 3.99. The van der Waals surface area contributed by atoms with Crippen molar-refractivity contribution in [3.63, 3.8) is 0 Å². The van der Waals surface area contributed by atoms with Gasteiger partial charge in [-0.05, 0) is 37.1 Å². The zero-order valence-corrected chi connectivity index (χ0v) is 12.2. The Morgan fingerprint density at radius 3 is 2.65 bits per heavy atom. The van der Waals surface area contributed by atoms with E-state index < -0.39 is 0 Å². The number of hydrogen-bond acceptors (Lipinski definition) is 2. The van der Waals surface area contributed by atoms with Crippen molar-refractivity contribution in [2.24, 2.45) is 7.05 Å². The molecule has 0 amide bonds. The van der Waals surface area contributed by atoms with Gasteiger partial charge in [0.2, 0.25) is 0 Å². The lowest BCUT2D eigenvalue weighted by atomic mass is 10.1. The molecule has 2 aromatic heterocycles. The van der Waals surface area contributed by atoms with Crippen LogP contribution in [0, 0.1) is 6.92 Å². The third-order valence-corrected chi connectivity index (χ3v) is 3.18. The van der Waals surface area contributed by atoms with Crippen molar-refractivity contribution in [3.05, 3.63) is 60.9 Å². The van der Waals surface area contributed by atoms with Gasteiger partial charge >= 0.3 is 0 Å². The molecule has 0 unspecified atom stereocenters. The summed E-state index contributed by atoms with van der Waals surface area (Å²) in [4.78, 5) is 8.89. The fraction of sp³-hybridized carbons (Fsp3) is 0.176. The Morgan fingerprint density at radius 1 is 1.30 bits per heavy atom. The average molecular weight is 265 g/mol. The lowest BCUT2D eigenvalue weighted by Crippen LogP contribution is -1.97. The van der Waals surface area contributed by atoms with Crippen molar-refractivity contribution in [3.8, 4) is 11.3 Å². The number of aryl methyl sites for hydroxylation is 1. The van der Waals surface area contributed by atoms with Crippen LogP contribution in [-0.2, 0) is 7.05 Å². The molecule has 0 aliphatic carbocycles. The highest BCUT2D eigenvalue weighted by Crippen LogP contribution is 2.23. The predicted molar refractivity (Wildman–Crippen MR) is 85.1 cm³/mol. The molecular weight excluding hydrogens is 246 g/mol. The molecule has 0 spiro atoms. The van der Waals surface area contributed by atoms with Gasteiger partial charge in [-0.25, -0.2) is 4.98 Å². The minimum Gasteiger partial charge on any atom is -0.328 e. The molecule has 20 heavy (non-hydrogen) atoms. The van der Waals surface area contributed by atoms with E-state index in [-0.39, 0.29) is 0 Å². The van der Waals surface area contributed by atoms with E-state index in [1.165, 1.54) is 0 Å². The van der Waals surface area contributed by atoms with Crippen molar-refractivity contribution >= 4 is 11.6 Å². The number of pyridine rings is 1. The summed E-state index contributed by atoms with van der Waals surface area (Å²) in [7, 11) is 1.99. The van der Waals surface area contributed by atoms with Crippen LogP contribution in [-0.4, -0.2) is 14.5 Å². The summed E-state index contributed by atoms with van der Waals surface area (Å²) in [5.74, 6) is 0.890. The molecule has 3 heteroatoms. The molecule has 0 fully saturated rings. The zero-order valence-electron chi connectivity index (χ0n) is 12.2. The molecule has 3 nitrogen and oxygen atoms in total. The van der Waals surface area contributed by atoms with Gasteiger partial charge in [0.1, 0.15) is 5.82 Å². The fourth-order valence-electron chi connectivity index (χ4n) is 2.16. The molecule has 0 atom stereocenters. The highest BCUT2D eigenvalue weighted by molar-refractivity contribution is 5.67. The molecule has 0 aromatic carbocycles. The Balaban J connectivity index is 2.45. The van der Waals surface area contributed by atoms with Gasteiger partial charge in [-0.2, -0.15) is 0 Å². The molecule has 0 aliphatic rings. The van der Waals surface area contributed by atoms with Crippen LogP contribution in [0.3, 0.4) is 0 Å². The van der Waals surface area contributed by atoms with E-state index in [4.69, 9.17) is 0 Å². The molecule has 0 saturated carbocycles. The summed E-state index contributed by atoms with van der Waals surface area (Å²) in [6, 6.07) is 2.12. The molecule has 0 aliphatic heterocycles. The van der Waals surface area contributed by atoms with Crippen molar-refractivity contribution in [2.75, 3.05) is 0 Å². The minimum absolute atomic E-state index is 0.890. The van der Waals surface area contributed by atoms with Gasteiger partial charge in [-0.3, -0.25) is 4.98 Å². The van der Waals surface area contributed by atoms with E-state index in [9.17, 15) is 0 Å². The quantitative estimate of drug-likeness (QED) is 0.782. The molecule has 0 radical (unpaired) electrons. The molecule has 2 aromatic rings. The zero-order chi connectivity index (χ0) is 14.7. The molecule has 102 valence electrons. The number of rotatable bonds is 4. The third kappa shape index (κ3) is 2.62. The lowest BCUT2D eigenvalue weighted by molar-refractivity contribution is 0.904. The number of imidazole rings is 1. The summed E-state index contributed by atoms with van der Waals surface area (Å²) in [6.45, 7) is 11.6. The Bertz CT molecular complexity index is 690. The van der Waals surface area contributed by atoms with Crippen LogP contribution >= 0.6 is 0 Å². The normalized spacial score (nSPS) is 10.9. The summed E-state index contributed by atoms with van der Waals surface area (Å²) in [5, 5.41) is 0. The molecular formula is C17H19N3. The second-order valence-corrected chi connectivity index (χ2v) is 4.83. The van der Waals surface area contributed by atoms with Gasteiger partial charge in [-0.15, -0.1) is 0 Å². The first-order valence-corrected chi connectivity index (χ1v) is 6.48. The van der Waals surface area contributed by atoms with Gasteiger partial charge < -0.3 is 4.57 Å². The Hall–Kier alpha value is -2.42. The van der Waals surface area contributed by atoms with E-state index in [0.29, 0.717) is 0 Å². The maximum Gasteiger partial charge on any atom is 0.132 e. The summed E-state index contributed by atoms with van der Waals surface area (Å²) >= 11 is 0. The first kappa shape index (κ1) is 14.0. The number of allylic oxidation sites excluding steroid dienone is 3. The van der Waals surface area contributed by atoms with Crippen LogP contribution in [0.4, 0.5) is 0 Å². The topological polar surface area (TPSA) is 30.7 Å². The second-order valence-electron chi connectivity index (χ2n) is 4.83. The summed E-state index contributed by atoms with van der Waals surface area (Å²) in [6.07, 6.45) is 9.27. The van der Waals surface area contributed by atoms with Gasteiger partial charge in [-0.1, -0.05) is 25.3 Å². The van der Waals surface area contributed by atoms with Crippen LogP contribution < -0.4 is 0 Å². The lowest BCUT2D eigenvalue weighted by Gasteiger charge is -2.08. The summed E-state index contributed by atoms with van der Waals surface area (Å²) < 4.78 is 2.04. The van der Waals surface area contributed by atoms with E-state index in [1.54, 1.807) is 6.08 Å². The largest absolute Gasteiger partial charge is 0.328 e. The van der Waals surface area contributed by atoms with Gasteiger partial charge in [0.25, 0.3) is 0 Å². The molecule has 0 saturated heterocycles.